The number of nitrogens with zero attached hydrogens (tertiary/aromatic N) is 3. The molecular weight excluding hydrogens is 170 g/mol. The molecule has 0 saturated heterocycles. The molecule has 0 radical (unpaired) electrons. The molecule has 1 aromatic rings. The van der Waals surface area contributed by atoms with Crippen LogP contribution in [0.3, 0.4) is 0 Å². The van der Waals surface area contributed by atoms with Crippen molar-refractivity contribution in [3.63, 3.8) is 0 Å². The summed E-state index contributed by atoms with van der Waals surface area (Å²) in [6.45, 7) is 0. The fraction of sp³-hybridized carbons (Fsp3) is 0.333. The van der Waals surface area contributed by atoms with E-state index in [9.17, 15) is 0 Å². The van der Waals surface area contributed by atoms with E-state index in [0.717, 1.165) is 0 Å². The Hall–Kier alpha value is -1.60. The van der Waals surface area contributed by atoms with Gasteiger partial charge in [0.05, 0.1) is 0 Å². The van der Waals surface area contributed by atoms with Gasteiger partial charge in [0.2, 0.25) is 5.95 Å². The third-order valence-electron chi connectivity index (χ3n) is 1.23. The molecule has 0 aliphatic heterocycles. The summed E-state index contributed by atoms with van der Waals surface area (Å²) in [4.78, 5) is 7.77. The summed E-state index contributed by atoms with van der Waals surface area (Å²) >= 11 is 0. The molecule has 0 amide bonds. The molecule has 0 aromatic carbocycles. The van der Waals surface area contributed by atoms with Crippen LogP contribution in [0.5, 0.6) is 0 Å². The van der Waals surface area contributed by atoms with Gasteiger partial charge in [-0.05, 0) is 0 Å². The Morgan fingerprint density at radius 2 is 1.92 bits per heavy atom. The first-order valence-electron chi connectivity index (χ1n) is 3.67. The third kappa shape index (κ3) is 2.73. The van der Waals surface area contributed by atoms with Crippen LogP contribution in [0.15, 0.2) is 6.07 Å². The molecule has 72 valence electrons. The van der Waals surface area contributed by atoms with Crippen molar-refractivity contribution in [1.29, 1.82) is 0 Å². The van der Waals surface area contributed by atoms with Crippen LogP contribution in [0, 0.1) is 0 Å². The van der Waals surface area contributed by atoms with Gasteiger partial charge in [-0.1, -0.05) is 0 Å². The van der Waals surface area contributed by atoms with Crippen LogP contribution < -0.4 is 22.4 Å². The normalized spacial score (nSPS) is 10.2. The minimum atomic E-state index is 0.166. The summed E-state index contributed by atoms with van der Waals surface area (Å²) in [6.07, 6.45) is 0. The predicted octanol–water partition coefficient (Wildman–Crippen LogP) is -0.767. The minimum Gasteiger partial charge on any atom is -0.368 e. The molecule has 0 unspecified atom stereocenters. The Balaban J connectivity index is 2.88. The molecule has 0 bridgehead atoms. The zero-order valence-electron chi connectivity index (χ0n) is 7.57. The second-order valence-electron chi connectivity index (χ2n) is 2.65. The van der Waals surface area contributed by atoms with Gasteiger partial charge < -0.3 is 16.6 Å². The smallest absolute Gasteiger partial charge is 0.224 e. The van der Waals surface area contributed by atoms with Gasteiger partial charge in [0.25, 0.3) is 0 Å². The Labute approximate surface area is 76.1 Å². The van der Waals surface area contributed by atoms with Crippen LogP contribution in [-0.4, -0.2) is 29.1 Å². The van der Waals surface area contributed by atoms with Crippen molar-refractivity contribution in [2.45, 2.75) is 0 Å². The summed E-state index contributed by atoms with van der Waals surface area (Å²) < 4.78 is 0. The van der Waals surface area contributed by atoms with Crippen LogP contribution in [0.1, 0.15) is 0 Å². The highest BCUT2D eigenvalue weighted by atomic mass is 15.5. The summed E-state index contributed by atoms with van der Waals surface area (Å²) in [6, 6.07) is 1.65. The predicted molar refractivity (Wildman–Crippen MR) is 51.6 cm³/mol. The molecule has 0 saturated carbocycles. The summed E-state index contributed by atoms with van der Waals surface area (Å²) in [5.74, 6) is 6.41. The number of hydrogen-bond acceptors (Lipinski definition) is 7. The van der Waals surface area contributed by atoms with Gasteiger partial charge in [0.1, 0.15) is 11.6 Å². The molecule has 1 rings (SSSR count). The lowest BCUT2D eigenvalue weighted by Gasteiger charge is -2.13. The van der Waals surface area contributed by atoms with Crippen molar-refractivity contribution in [3.05, 3.63) is 6.07 Å². The molecular formula is C6H13N7. The van der Waals surface area contributed by atoms with Crippen LogP contribution in [0.2, 0.25) is 0 Å². The second kappa shape index (κ2) is 3.87. The average molecular weight is 183 g/mol. The van der Waals surface area contributed by atoms with Crippen molar-refractivity contribution in [2.24, 2.45) is 5.84 Å². The van der Waals surface area contributed by atoms with E-state index in [-0.39, 0.29) is 5.95 Å². The van der Waals surface area contributed by atoms with Crippen molar-refractivity contribution < 1.29 is 0 Å². The van der Waals surface area contributed by atoms with E-state index in [1.54, 1.807) is 11.1 Å². The van der Waals surface area contributed by atoms with Gasteiger partial charge in [-0.3, -0.25) is 0 Å². The lowest BCUT2D eigenvalue weighted by Crippen LogP contribution is -2.21. The van der Waals surface area contributed by atoms with E-state index in [2.05, 4.69) is 20.8 Å². The summed E-state index contributed by atoms with van der Waals surface area (Å²) in [5, 5.41) is 1.74. The fourth-order valence-corrected chi connectivity index (χ4v) is 0.826. The molecule has 13 heavy (non-hydrogen) atoms. The molecule has 0 aliphatic carbocycles. The number of hydrogen-bond donors (Lipinski definition) is 4. The van der Waals surface area contributed by atoms with E-state index in [4.69, 9.17) is 11.6 Å². The summed E-state index contributed by atoms with van der Waals surface area (Å²) in [7, 11) is 3.68. The number of aromatic nitrogens is 2. The minimum absolute atomic E-state index is 0.166. The third-order valence-corrected chi connectivity index (χ3v) is 1.23. The molecule has 7 nitrogen and oxygen atoms in total. The quantitative estimate of drug-likeness (QED) is 0.360. The molecule has 1 heterocycles. The monoisotopic (exact) mass is 183 g/mol. The topological polar surface area (TPSA) is 105 Å². The fourth-order valence-electron chi connectivity index (χ4n) is 0.826. The van der Waals surface area contributed by atoms with Crippen LogP contribution in [0.4, 0.5) is 17.6 Å². The SMILES string of the molecule is CN(C)Nc1cc(NN)nc(N)n1. The molecule has 0 atom stereocenters. The Morgan fingerprint density at radius 1 is 1.31 bits per heavy atom. The molecule has 6 N–H and O–H groups in total. The van der Waals surface area contributed by atoms with E-state index in [1.807, 2.05) is 14.1 Å². The molecule has 0 aliphatic rings. The first-order valence-corrected chi connectivity index (χ1v) is 3.67. The maximum Gasteiger partial charge on any atom is 0.224 e. The number of nitrogens with two attached hydrogens (primary N) is 2. The van der Waals surface area contributed by atoms with Gasteiger partial charge >= 0.3 is 0 Å². The van der Waals surface area contributed by atoms with Gasteiger partial charge in [-0.25, -0.2) is 10.9 Å². The molecule has 0 fully saturated rings. The van der Waals surface area contributed by atoms with Crippen LogP contribution >= 0.6 is 0 Å². The first kappa shape index (κ1) is 9.49. The molecule has 1 aromatic heterocycles. The van der Waals surface area contributed by atoms with Crippen LogP contribution in [-0.2, 0) is 0 Å². The van der Waals surface area contributed by atoms with E-state index < -0.39 is 0 Å². The number of nitrogens with one attached hydrogen (secondary N) is 2. The Morgan fingerprint density at radius 3 is 2.46 bits per heavy atom. The highest BCUT2D eigenvalue weighted by Gasteiger charge is 2.00. The van der Waals surface area contributed by atoms with Crippen molar-refractivity contribution >= 4 is 17.6 Å². The van der Waals surface area contributed by atoms with Crippen LogP contribution in [0.25, 0.3) is 0 Å². The standard InChI is InChI=1S/C6H13N7/c1-13(2)12-5-3-4(11-8)9-6(7)10-5/h3H,8H2,1-2H3,(H4,7,9,10,11,12). The number of hydrazine groups is 2. The van der Waals surface area contributed by atoms with Gasteiger partial charge in [0, 0.05) is 20.2 Å². The largest absolute Gasteiger partial charge is 0.368 e. The van der Waals surface area contributed by atoms with Crippen molar-refractivity contribution in [1.82, 2.24) is 15.0 Å². The first-order chi connectivity index (χ1) is 6.11. The van der Waals surface area contributed by atoms with Gasteiger partial charge in [-0.15, -0.1) is 0 Å². The van der Waals surface area contributed by atoms with Gasteiger partial charge in [-0.2, -0.15) is 9.97 Å². The zero-order valence-corrected chi connectivity index (χ0v) is 7.57. The van der Waals surface area contributed by atoms with E-state index in [0.29, 0.717) is 11.6 Å². The lowest BCUT2D eigenvalue weighted by atomic mass is 10.5. The highest BCUT2D eigenvalue weighted by molar-refractivity contribution is 5.49. The zero-order chi connectivity index (χ0) is 9.84. The molecule has 0 spiro atoms. The summed E-state index contributed by atoms with van der Waals surface area (Å²) in [5.41, 5.74) is 10.8. The number of anilines is 3. The van der Waals surface area contributed by atoms with Crippen molar-refractivity contribution in [2.75, 3.05) is 30.7 Å². The number of nitrogen functional groups attached to an aromatic ring is 2. The van der Waals surface area contributed by atoms with Gasteiger partial charge in [0.15, 0.2) is 0 Å². The van der Waals surface area contributed by atoms with E-state index in [1.165, 1.54) is 0 Å². The number of rotatable bonds is 3. The second-order valence-corrected chi connectivity index (χ2v) is 2.65. The maximum absolute atomic E-state index is 5.43. The Bertz CT molecular complexity index is 284. The molecule has 7 heteroatoms. The average Bonchev–Trinajstić information content (AvgIpc) is 2.01. The van der Waals surface area contributed by atoms with Crippen molar-refractivity contribution in [3.8, 4) is 0 Å². The van der Waals surface area contributed by atoms with E-state index >= 15 is 0 Å². The highest BCUT2D eigenvalue weighted by Crippen LogP contribution is 2.10. The maximum atomic E-state index is 5.43. The Kier molecular flexibility index (Phi) is 2.83. The lowest BCUT2D eigenvalue weighted by molar-refractivity contribution is 0.492.